The molecule has 3 rings (SSSR count). The number of carbonyl (C=O) groups is 2. The summed E-state index contributed by atoms with van der Waals surface area (Å²) >= 11 is 0. The van der Waals surface area contributed by atoms with Crippen LogP contribution in [-0.2, 0) is 4.79 Å². The lowest BCUT2D eigenvalue weighted by Gasteiger charge is -2.40. The molecule has 0 bridgehead atoms. The van der Waals surface area contributed by atoms with Gasteiger partial charge in [0, 0.05) is 37.3 Å². The number of hydrogen-bond acceptors (Lipinski definition) is 6. The van der Waals surface area contributed by atoms with E-state index >= 15 is 0 Å². The van der Waals surface area contributed by atoms with Crippen LogP contribution in [0.25, 0.3) is 11.3 Å². The van der Waals surface area contributed by atoms with E-state index in [1.165, 1.54) is 12.1 Å². The quantitative estimate of drug-likeness (QED) is 0.650. The lowest BCUT2D eigenvalue weighted by atomic mass is 9.90. The van der Waals surface area contributed by atoms with Crippen molar-refractivity contribution in [2.45, 2.75) is 38.5 Å². The number of aliphatic hydroxyl groups excluding tert-OH is 1. The average Bonchev–Trinajstić information content (AvgIpc) is 3.17. The Bertz CT molecular complexity index is 933. The van der Waals surface area contributed by atoms with Crippen molar-refractivity contribution >= 4 is 11.9 Å². The van der Waals surface area contributed by atoms with Crippen LogP contribution >= 0.6 is 0 Å². The van der Waals surface area contributed by atoms with Gasteiger partial charge >= 0.3 is 5.97 Å². The molecule has 1 aliphatic rings. The van der Waals surface area contributed by atoms with Gasteiger partial charge in [-0.3, -0.25) is 14.5 Å². The van der Waals surface area contributed by atoms with Crippen LogP contribution in [0.4, 0.5) is 8.78 Å². The Kier molecular flexibility index (Phi) is 6.47. The minimum absolute atomic E-state index is 0.0481. The van der Waals surface area contributed by atoms with Crippen LogP contribution < -0.4 is 5.32 Å². The van der Waals surface area contributed by atoms with Gasteiger partial charge in [-0.05, 0) is 32.4 Å². The molecule has 162 valence electrons. The van der Waals surface area contributed by atoms with E-state index in [-0.39, 0.29) is 29.6 Å². The zero-order chi connectivity index (χ0) is 22.0. The second-order valence-corrected chi connectivity index (χ2v) is 7.49. The smallest absolute Gasteiger partial charge is 0.309 e. The minimum Gasteiger partial charge on any atom is -0.481 e. The van der Waals surface area contributed by atoms with Crippen LogP contribution in [-0.4, -0.2) is 63.4 Å². The van der Waals surface area contributed by atoms with Gasteiger partial charge in [-0.15, -0.1) is 0 Å². The Morgan fingerprint density at radius 2 is 2.03 bits per heavy atom. The van der Waals surface area contributed by atoms with E-state index in [0.717, 1.165) is 6.07 Å². The van der Waals surface area contributed by atoms with Crippen LogP contribution in [0.5, 0.6) is 0 Å². The maximum absolute atomic E-state index is 13.9. The number of carboxylic acid groups (broad SMARTS) is 1. The summed E-state index contributed by atoms with van der Waals surface area (Å²) < 4.78 is 32.0. The lowest BCUT2D eigenvalue weighted by Crippen LogP contribution is -2.56. The largest absolute Gasteiger partial charge is 0.481 e. The highest BCUT2D eigenvalue weighted by Crippen LogP contribution is 2.25. The van der Waals surface area contributed by atoms with E-state index in [2.05, 4.69) is 10.5 Å². The van der Waals surface area contributed by atoms with Crippen molar-refractivity contribution in [2.24, 2.45) is 5.92 Å². The zero-order valence-corrected chi connectivity index (χ0v) is 16.5. The van der Waals surface area contributed by atoms with Crippen molar-refractivity contribution in [3.05, 3.63) is 41.6 Å². The zero-order valence-electron chi connectivity index (χ0n) is 16.5. The molecular weight excluding hydrogens is 400 g/mol. The number of benzene rings is 1. The van der Waals surface area contributed by atoms with E-state index in [1.807, 2.05) is 11.8 Å². The molecule has 10 heteroatoms. The highest BCUT2D eigenvalue weighted by Gasteiger charge is 2.37. The summed E-state index contributed by atoms with van der Waals surface area (Å²) in [4.78, 5) is 26.2. The molecule has 8 nitrogen and oxygen atoms in total. The predicted molar refractivity (Wildman–Crippen MR) is 102 cm³/mol. The molecule has 0 saturated carbocycles. The van der Waals surface area contributed by atoms with Crippen molar-refractivity contribution in [3.8, 4) is 11.3 Å². The molecule has 0 spiro atoms. The summed E-state index contributed by atoms with van der Waals surface area (Å²) in [5.41, 5.74) is -0.190. The number of halogens is 2. The molecule has 1 aromatic carbocycles. The molecule has 3 N–H and O–H groups in total. The highest BCUT2D eigenvalue weighted by atomic mass is 19.1. The summed E-state index contributed by atoms with van der Waals surface area (Å²) in [6, 6.07) is 3.28. The van der Waals surface area contributed by atoms with Gasteiger partial charge in [-0.1, -0.05) is 5.16 Å². The van der Waals surface area contributed by atoms with Crippen LogP contribution in [0, 0.1) is 17.6 Å². The fourth-order valence-corrected chi connectivity index (χ4v) is 3.52. The first-order chi connectivity index (χ1) is 14.2. The number of carbonyl (C=O) groups excluding carboxylic acids is 1. The Balaban J connectivity index is 1.71. The first-order valence-electron chi connectivity index (χ1n) is 9.55. The molecule has 0 radical (unpaired) electrons. The lowest BCUT2D eigenvalue weighted by molar-refractivity contribution is -0.145. The monoisotopic (exact) mass is 423 g/mol. The normalized spacial score (nSPS) is 21.8. The molecular formula is C20H23F2N3O5. The fourth-order valence-electron chi connectivity index (χ4n) is 3.52. The van der Waals surface area contributed by atoms with Crippen molar-refractivity contribution in [2.75, 3.05) is 13.1 Å². The SMILES string of the molecule is C[C@H]([C@@H](C)O)N1CC[C@@H](NC(=O)c2cc(-c3ccc(F)cc3F)on2)[C@H](C(=O)O)C1. The highest BCUT2D eigenvalue weighted by molar-refractivity contribution is 5.93. The third-order valence-electron chi connectivity index (χ3n) is 5.49. The molecule has 0 unspecified atom stereocenters. The molecule has 1 amide bonds. The summed E-state index contributed by atoms with van der Waals surface area (Å²) in [5.74, 6) is -4.23. The van der Waals surface area contributed by atoms with Gasteiger partial charge in [0.05, 0.1) is 17.6 Å². The van der Waals surface area contributed by atoms with E-state index in [1.54, 1.807) is 6.92 Å². The van der Waals surface area contributed by atoms with Gasteiger partial charge in [0.25, 0.3) is 5.91 Å². The van der Waals surface area contributed by atoms with Crippen molar-refractivity contribution in [3.63, 3.8) is 0 Å². The maximum Gasteiger partial charge on any atom is 0.309 e. The number of nitrogens with one attached hydrogen (secondary N) is 1. The molecule has 2 aromatic rings. The Morgan fingerprint density at radius 3 is 2.67 bits per heavy atom. The van der Waals surface area contributed by atoms with Gasteiger partial charge in [-0.25, -0.2) is 8.78 Å². The second-order valence-electron chi connectivity index (χ2n) is 7.49. The van der Waals surface area contributed by atoms with Crippen molar-refractivity contribution in [1.29, 1.82) is 0 Å². The molecule has 4 atom stereocenters. The number of rotatable bonds is 6. The summed E-state index contributed by atoms with van der Waals surface area (Å²) in [5, 5.41) is 25.6. The van der Waals surface area contributed by atoms with Crippen LogP contribution in [0.2, 0.25) is 0 Å². The summed E-state index contributed by atoms with van der Waals surface area (Å²) in [6.07, 6.45) is -0.247. The molecule has 1 aromatic heterocycles. The molecule has 2 heterocycles. The maximum atomic E-state index is 13.9. The van der Waals surface area contributed by atoms with Gasteiger partial charge in [-0.2, -0.15) is 0 Å². The number of carboxylic acids is 1. The number of likely N-dealkylation sites (tertiary alicyclic amines) is 1. The van der Waals surface area contributed by atoms with Crippen LogP contribution in [0.1, 0.15) is 30.8 Å². The number of amides is 1. The standard InChI is InChI=1S/C20H23F2N3O5/c1-10(11(2)26)25-6-5-16(14(9-25)20(28)29)23-19(27)17-8-18(30-24-17)13-4-3-12(21)7-15(13)22/h3-4,7-8,10-11,14,16,26H,5-6,9H2,1-2H3,(H,23,27)(H,28,29)/t10-,11-,14-,16-/m1/s1. The first kappa shape index (κ1) is 21.8. The van der Waals surface area contributed by atoms with E-state index in [4.69, 9.17) is 4.52 Å². The van der Waals surface area contributed by atoms with Crippen molar-refractivity contribution < 1.29 is 33.1 Å². The number of hydrogen-bond donors (Lipinski definition) is 3. The average molecular weight is 423 g/mol. The second kappa shape index (κ2) is 8.88. The van der Waals surface area contributed by atoms with Crippen LogP contribution in [0.3, 0.4) is 0 Å². The summed E-state index contributed by atoms with van der Waals surface area (Å²) in [6.45, 7) is 4.14. The molecule has 0 aliphatic carbocycles. The van der Waals surface area contributed by atoms with Gasteiger partial charge < -0.3 is 20.1 Å². The number of nitrogens with zero attached hydrogens (tertiary/aromatic N) is 2. The number of aliphatic carboxylic acids is 1. The topological polar surface area (TPSA) is 116 Å². The van der Waals surface area contributed by atoms with E-state index in [0.29, 0.717) is 19.0 Å². The van der Waals surface area contributed by atoms with Gasteiger partial charge in [0.2, 0.25) is 0 Å². The predicted octanol–water partition coefficient (Wildman–Crippen LogP) is 1.89. The number of piperidine rings is 1. The number of aromatic nitrogens is 1. The summed E-state index contributed by atoms with van der Waals surface area (Å²) in [7, 11) is 0. The van der Waals surface area contributed by atoms with Gasteiger partial charge in [0.15, 0.2) is 11.5 Å². The fraction of sp³-hybridized carbons (Fsp3) is 0.450. The van der Waals surface area contributed by atoms with E-state index < -0.39 is 41.6 Å². The number of aliphatic hydroxyl groups is 1. The third kappa shape index (κ3) is 4.65. The Labute approximate surface area is 171 Å². The molecule has 1 aliphatic heterocycles. The van der Waals surface area contributed by atoms with Gasteiger partial charge in [0.1, 0.15) is 11.6 Å². The molecule has 30 heavy (non-hydrogen) atoms. The van der Waals surface area contributed by atoms with Crippen LogP contribution in [0.15, 0.2) is 28.8 Å². The molecule has 1 fully saturated rings. The van der Waals surface area contributed by atoms with E-state index in [9.17, 15) is 28.6 Å². The Hall–Kier alpha value is -2.85. The molecule has 1 saturated heterocycles. The minimum atomic E-state index is -1.06. The first-order valence-corrected chi connectivity index (χ1v) is 9.55. The third-order valence-corrected chi connectivity index (χ3v) is 5.49. The Morgan fingerprint density at radius 1 is 1.30 bits per heavy atom. The van der Waals surface area contributed by atoms with Crippen molar-refractivity contribution in [1.82, 2.24) is 15.4 Å².